The fraction of sp³-hybridized carbons (Fsp3) is 0.471. The first kappa shape index (κ1) is 17.6. The molecule has 0 spiro atoms. The van der Waals surface area contributed by atoms with Crippen LogP contribution in [0, 0.1) is 0 Å². The second kappa shape index (κ2) is 8.26. The second-order valence-corrected chi connectivity index (χ2v) is 7.45. The Morgan fingerprint density at radius 2 is 2.28 bits per heavy atom. The van der Waals surface area contributed by atoms with Crippen molar-refractivity contribution in [3.63, 3.8) is 0 Å². The molecule has 1 atom stereocenters. The molecule has 4 N–H and O–H groups in total. The number of piperidine rings is 1. The summed E-state index contributed by atoms with van der Waals surface area (Å²) in [4.78, 5) is 14.5. The van der Waals surface area contributed by atoms with Gasteiger partial charge < -0.3 is 16.4 Å². The van der Waals surface area contributed by atoms with E-state index in [0.717, 1.165) is 18.8 Å². The van der Waals surface area contributed by atoms with Gasteiger partial charge in [0.2, 0.25) is 5.13 Å². The third-order valence-electron chi connectivity index (χ3n) is 4.39. The van der Waals surface area contributed by atoms with Crippen LogP contribution in [-0.2, 0) is 13.1 Å². The number of hydrogen-bond acceptors (Lipinski definition) is 6. The summed E-state index contributed by atoms with van der Waals surface area (Å²) in [5.41, 5.74) is 7.52. The van der Waals surface area contributed by atoms with Crippen molar-refractivity contribution in [1.82, 2.24) is 20.4 Å². The minimum absolute atomic E-state index is 0.266. The number of carbonyl (C=O) groups excluding carboxylic acids is 1. The summed E-state index contributed by atoms with van der Waals surface area (Å²) >= 11 is 1.27. The molecule has 0 unspecified atom stereocenters. The molecule has 0 aliphatic carbocycles. The SMILES string of the molecule is C[C@@H]1CCCCN1Cc1cccc(NC(=O)NCc2nnc(N)s2)c1. The quantitative estimate of drug-likeness (QED) is 0.762. The zero-order valence-corrected chi connectivity index (χ0v) is 15.2. The Labute approximate surface area is 151 Å². The van der Waals surface area contributed by atoms with Gasteiger partial charge in [-0.15, -0.1) is 10.2 Å². The summed E-state index contributed by atoms with van der Waals surface area (Å²) in [6.07, 6.45) is 3.84. The highest BCUT2D eigenvalue weighted by Crippen LogP contribution is 2.20. The standard InChI is InChI=1S/C17H24N6OS/c1-12-5-2-3-8-23(12)11-13-6-4-7-14(9-13)20-17(24)19-10-15-21-22-16(18)25-15/h4,6-7,9,12H,2-3,5,8,10-11H2,1H3,(H2,18,22)(H2,19,20,24)/t12-/m1/s1. The van der Waals surface area contributed by atoms with Gasteiger partial charge in [-0.25, -0.2) is 4.79 Å². The number of aromatic nitrogens is 2. The minimum atomic E-state index is -0.266. The molecule has 25 heavy (non-hydrogen) atoms. The van der Waals surface area contributed by atoms with Crippen LogP contribution in [0.5, 0.6) is 0 Å². The number of likely N-dealkylation sites (tertiary alicyclic amines) is 1. The Hall–Kier alpha value is -2.19. The van der Waals surface area contributed by atoms with Crippen LogP contribution in [0.3, 0.4) is 0 Å². The van der Waals surface area contributed by atoms with Crippen LogP contribution in [0.25, 0.3) is 0 Å². The highest BCUT2D eigenvalue weighted by molar-refractivity contribution is 7.15. The van der Waals surface area contributed by atoms with E-state index in [-0.39, 0.29) is 6.03 Å². The normalized spacial score (nSPS) is 18.0. The molecule has 0 saturated carbocycles. The highest BCUT2D eigenvalue weighted by Gasteiger charge is 2.18. The monoisotopic (exact) mass is 360 g/mol. The lowest BCUT2D eigenvalue weighted by Crippen LogP contribution is -2.36. The minimum Gasteiger partial charge on any atom is -0.374 e. The van der Waals surface area contributed by atoms with Crippen LogP contribution >= 0.6 is 11.3 Å². The summed E-state index contributed by atoms with van der Waals surface area (Å²) in [7, 11) is 0. The van der Waals surface area contributed by atoms with Gasteiger partial charge in [0.05, 0.1) is 6.54 Å². The van der Waals surface area contributed by atoms with Gasteiger partial charge in [-0.1, -0.05) is 29.9 Å². The summed E-state index contributed by atoms with van der Waals surface area (Å²) in [5.74, 6) is 0. The number of nitrogens with zero attached hydrogens (tertiary/aromatic N) is 3. The van der Waals surface area contributed by atoms with Crippen molar-refractivity contribution in [2.75, 3.05) is 17.6 Å². The number of hydrogen-bond donors (Lipinski definition) is 3. The molecule has 8 heteroatoms. The van der Waals surface area contributed by atoms with E-state index in [9.17, 15) is 4.79 Å². The molecular weight excluding hydrogens is 336 g/mol. The lowest BCUT2D eigenvalue weighted by Gasteiger charge is -2.33. The molecule has 1 aromatic carbocycles. The average Bonchev–Trinajstić information content (AvgIpc) is 3.01. The fourth-order valence-electron chi connectivity index (χ4n) is 3.04. The molecule has 7 nitrogen and oxygen atoms in total. The molecule has 1 aromatic heterocycles. The summed E-state index contributed by atoms with van der Waals surface area (Å²) < 4.78 is 0. The van der Waals surface area contributed by atoms with E-state index < -0.39 is 0 Å². The van der Waals surface area contributed by atoms with E-state index in [0.29, 0.717) is 22.7 Å². The predicted octanol–water partition coefficient (Wildman–Crippen LogP) is 2.82. The first-order valence-corrected chi connectivity index (χ1v) is 9.37. The maximum Gasteiger partial charge on any atom is 0.319 e. The third-order valence-corrected chi connectivity index (χ3v) is 5.15. The van der Waals surface area contributed by atoms with Crippen molar-refractivity contribution < 1.29 is 4.79 Å². The number of amides is 2. The number of benzene rings is 1. The van der Waals surface area contributed by atoms with Gasteiger partial charge in [-0.05, 0) is 44.0 Å². The number of nitrogens with one attached hydrogen (secondary N) is 2. The molecule has 134 valence electrons. The average molecular weight is 360 g/mol. The Bertz CT molecular complexity index is 719. The molecule has 0 bridgehead atoms. The van der Waals surface area contributed by atoms with Crippen molar-refractivity contribution in [3.8, 4) is 0 Å². The van der Waals surface area contributed by atoms with Crippen LogP contribution in [0.1, 0.15) is 36.8 Å². The Kier molecular flexibility index (Phi) is 5.83. The number of rotatable bonds is 5. The van der Waals surface area contributed by atoms with Crippen LogP contribution in [0.4, 0.5) is 15.6 Å². The third kappa shape index (κ3) is 5.14. The lowest BCUT2D eigenvalue weighted by molar-refractivity contribution is 0.152. The van der Waals surface area contributed by atoms with Gasteiger partial charge in [0.25, 0.3) is 0 Å². The van der Waals surface area contributed by atoms with Gasteiger partial charge >= 0.3 is 6.03 Å². The van der Waals surface area contributed by atoms with Crippen molar-refractivity contribution in [1.29, 1.82) is 0 Å². The van der Waals surface area contributed by atoms with E-state index >= 15 is 0 Å². The van der Waals surface area contributed by atoms with Gasteiger partial charge in [-0.2, -0.15) is 0 Å². The van der Waals surface area contributed by atoms with Crippen LogP contribution in [0.15, 0.2) is 24.3 Å². The van der Waals surface area contributed by atoms with Crippen molar-refractivity contribution in [2.45, 2.75) is 45.3 Å². The fourth-order valence-corrected chi connectivity index (χ4v) is 3.59. The Balaban J connectivity index is 1.52. The zero-order chi connectivity index (χ0) is 17.6. The van der Waals surface area contributed by atoms with Crippen molar-refractivity contribution in [2.24, 2.45) is 0 Å². The molecule has 3 rings (SSSR count). The topological polar surface area (TPSA) is 96.2 Å². The molecule has 2 heterocycles. The molecule has 1 aliphatic heterocycles. The summed E-state index contributed by atoms with van der Waals surface area (Å²) in [6.45, 7) is 4.66. The number of carbonyl (C=O) groups is 1. The molecule has 1 saturated heterocycles. The van der Waals surface area contributed by atoms with Gasteiger partial charge in [0.15, 0.2) is 0 Å². The number of nitrogen functional groups attached to an aromatic ring is 1. The predicted molar refractivity (Wildman–Crippen MR) is 100 cm³/mol. The Morgan fingerprint density at radius 1 is 1.40 bits per heavy atom. The number of urea groups is 1. The highest BCUT2D eigenvalue weighted by atomic mass is 32.1. The second-order valence-electron chi connectivity index (χ2n) is 6.36. The van der Waals surface area contributed by atoms with Crippen LogP contribution in [-0.4, -0.2) is 33.7 Å². The van der Waals surface area contributed by atoms with Crippen LogP contribution < -0.4 is 16.4 Å². The van der Waals surface area contributed by atoms with E-state index in [1.54, 1.807) is 0 Å². The van der Waals surface area contributed by atoms with Crippen LogP contribution in [0.2, 0.25) is 0 Å². The largest absolute Gasteiger partial charge is 0.374 e. The summed E-state index contributed by atoms with van der Waals surface area (Å²) in [6, 6.07) is 8.36. The molecule has 1 aliphatic rings. The van der Waals surface area contributed by atoms with Gasteiger partial charge in [-0.3, -0.25) is 4.90 Å². The smallest absolute Gasteiger partial charge is 0.319 e. The Morgan fingerprint density at radius 3 is 3.04 bits per heavy atom. The number of nitrogens with two attached hydrogens (primary N) is 1. The summed E-state index contributed by atoms with van der Waals surface area (Å²) in [5, 5.41) is 14.3. The maximum atomic E-state index is 12.0. The molecule has 2 amide bonds. The van der Waals surface area contributed by atoms with E-state index in [4.69, 9.17) is 5.73 Å². The number of anilines is 2. The molecule has 2 aromatic rings. The first-order chi connectivity index (χ1) is 12.1. The van der Waals surface area contributed by atoms with Gasteiger partial charge in [0.1, 0.15) is 5.01 Å². The zero-order valence-electron chi connectivity index (χ0n) is 14.4. The maximum absolute atomic E-state index is 12.0. The van der Waals surface area contributed by atoms with Crippen molar-refractivity contribution in [3.05, 3.63) is 34.8 Å². The van der Waals surface area contributed by atoms with Crippen molar-refractivity contribution >= 4 is 28.2 Å². The van der Waals surface area contributed by atoms with Gasteiger partial charge in [0, 0.05) is 18.3 Å². The molecule has 0 radical (unpaired) electrons. The first-order valence-electron chi connectivity index (χ1n) is 8.56. The lowest BCUT2D eigenvalue weighted by atomic mass is 10.0. The van der Waals surface area contributed by atoms with E-state index in [1.165, 1.54) is 36.2 Å². The molecule has 1 fully saturated rings. The van der Waals surface area contributed by atoms with E-state index in [1.807, 2.05) is 18.2 Å². The van der Waals surface area contributed by atoms with E-state index in [2.05, 4.69) is 38.7 Å². The molecular formula is C17H24N6OS.